The van der Waals surface area contributed by atoms with Gasteiger partial charge < -0.3 is 10.2 Å². The number of aliphatic hydroxyl groups excluding tert-OH is 2. The van der Waals surface area contributed by atoms with E-state index in [1.807, 2.05) is 0 Å². The summed E-state index contributed by atoms with van der Waals surface area (Å²) < 4.78 is 1.54. The average molecular weight is 252 g/mol. The van der Waals surface area contributed by atoms with Crippen LogP contribution in [0.4, 0.5) is 0 Å². The minimum Gasteiger partial charge on any atom is -0.396 e. The van der Waals surface area contributed by atoms with Gasteiger partial charge in [-0.05, 0) is 25.7 Å². The molecule has 2 saturated carbocycles. The summed E-state index contributed by atoms with van der Waals surface area (Å²) in [5, 5.41) is 19.1. The molecule has 0 bridgehead atoms. The molecule has 2 fully saturated rings. The second-order valence-electron chi connectivity index (χ2n) is 5.47. The van der Waals surface area contributed by atoms with Gasteiger partial charge in [0.15, 0.2) is 0 Å². The van der Waals surface area contributed by atoms with Crippen LogP contribution in [0.15, 0.2) is 15.8 Å². The maximum absolute atomic E-state index is 11.9. The lowest BCUT2D eigenvalue weighted by molar-refractivity contribution is 0.0714. The van der Waals surface area contributed by atoms with Gasteiger partial charge in [0.1, 0.15) is 0 Å². The summed E-state index contributed by atoms with van der Waals surface area (Å²) in [7, 11) is 0. The van der Waals surface area contributed by atoms with Crippen LogP contribution in [0.3, 0.4) is 0 Å². The van der Waals surface area contributed by atoms with Crippen LogP contribution in [0.2, 0.25) is 0 Å². The Hall–Kier alpha value is -1.40. The summed E-state index contributed by atoms with van der Waals surface area (Å²) in [5.41, 5.74) is -0.726. The fourth-order valence-corrected chi connectivity index (χ4v) is 3.41. The Balaban J connectivity index is 2.06. The predicted octanol–water partition coefficient (Wildman–Crippen LogP) is -1.07. The lowest BCUT2D eigenvalue weighted by Crippen LogP contribution is -2.37. The second kappa shape index (κ2) is 3.55. The van der Waals surface area contributed by atoms with Gasteiger partial charge in [-0.2, -0.15) is 0 Å². The highest BCUT2D eigenvalue weighted by atomic mass is 16.3. The summed E-state index contributed by atoms with van der Waals surface area (Å²) in [6.45, 7) is 1.59. The number of aliphatic hydroxyl groups is 2. The number of aromatic nitrogens is 2. The molecule has 1 aromatic rings. The first-order chi connectivity index (χ1) is 8.49. The monoisotopic (exact) mass is 252 g/mol. The molecule has 3 rings (SSSR count). The van der Waals surface area contributed by atoms with Crippen LogP contribution < -0.4 is 11.2 Å². The Morgan fingerprint density at radius 2 is 2.22 bits per heavy atom. The molecule has 6 heteroatoms. The molecule has 3 N–H and O–H groups in total. The minimum absolute atomic E-state index is 0.0648. The molecule has 18 heavy (non-hydrogen) atoms. The van der Waals surface area contributed by atoms with Crippen molar-refractivity contribution in [2.45, 2.75) is 31.4 Å². The predicted molar refractivity (Wildman–Crippen MR) is 63.3 cm³/mol. The average Bonchev–Trinajstić information content (AvgIpc) is 2.93. The number of nitrogens with one attached hydrogen (secondary N) is 1. The van der Waals surface area contributed by atoms with E-state index in [4.69, 9.17) is 0 Å². The quantitative estimate of drug-likeness (QED) is 0.625. The molecule has 0 aromatic carbocycles. The highest BCUT2D eigenvalue weighted by Gasteiger charge is 2.66. The first-order valence-electron chi connectivity index (χ1n) is 6.11. The van der Waals surface area contributed by atoms with Gasteiger partial charge in [-0.15, -0.1) is 0 Å². The van der Waals surface area contributed by atoms with Crippen molar-refractivity contribution in [3.8, 4) is 0 Å². The largest absolute Gasteiger partial charge is 0.396 e. The van der Waals surface area contributed by atoms with Gasteiger partial charge in [0.2, 0.25) is 0 Å². The maximum Gasteiger partial charge on any atom is 0.328 e. The second-order valence-corrected chi connectivity index (χ2v) is 5.47. The molecule has 2 aliphatic carbocycles. The fourth-order valence-electron chi connectivity index (χ4n) is 3.41. The van der Waals surface area contributed by atoms with Gasteiger partial charge in [0, 0.05) is 24.3 Å². The number of fused-ring (bicyclic) bond motifs is 1. The zero-order chi connectivity index (χ0) is 13.1. The molecule has 1 heterocycles. The number of hydrogen-bond acceptors (Lipinski definition) is 4. The zero-order valence-electron chi connectivity index (χ0n) is 10.1. The van der Waals surface area contributed by atoms with Crippen LogP contribution in [0.25, 0.3) is 0 Å². The van der Waals surface area contributed by atoms with Crippen molar-refractivity contribution in [3.63, 3.8) is 0 Å². The van der Waals surface area contributed by atoms with Crippen LogP contribution >= 0.6 is 0 Å². The van der Waals surface area contributed by atoms with E-state index in [1.165, 1.54) is 4.57 Å². The standard InChI is InChI=1S/C12H16N2O4/c1-6-4-14(11(18)13-10(6)17)12-2-8(12)7(5-15)9(16)3-12/h4,7-9,15-16H,2-3,5H2,1H3,(H,13,17,18)/t7-,8+,9?,12+/m0/s1. The third kappa shape index (κ3) is 1.36. The van der Waals surface area contributed by atoms with Crippen molar-refractivity contribution >= 4 is 0 Å². The summed E-state index contributed by atoms with van der Waals surface area (Å²) in [6, 6.07) is 0. The van der Waals surface area contributed by atoms with Crippen molar-refractivity contribution in [2.24, 2.45) is 11.8 Å². The third-order valence-corrected chi connectivity index (χ3v) is 4.49. The molecule has 0 aliphatic heterocycles. The van der Waals surface area contributed by atoms with E-state index in [0.717, 1.165) is 6.42 Å². The number of hydrogen-bond donors (Lipinski definition) is 3. The Kier molecular flexibility index (Phi) is 2.30. The van der Waals surface area contributed by atoms with E-state index in [2.05, 4.69) is 4.98 Å². The number of aryl methyl sites for hydroxylation is 1. The summed E-state index contributed by atoms with van der Waals surface area (Å²) >= 11 is 0. The highest BCUT2D eigenvalue weighted by molar-refractivity contribution is 5.19. The smallest absolute Gasteiger partial charge is 0.328 e. The van der Waals surface area contributed by atoms with Crippen molar-refractivity contribution < 1.29 is 10.2 Å². The van der Waals surface area contributed by atoms with Gasteiger partial charge in [-0.3, -0.25) is 14.3 Å². The fraction of sp³-hybridized carbons (Fsp3) is 0.667. The van der Waals surface area contributed by atoms with E-state index in [-0.39, 0.29) is 24.0 Å². The molecular formula is C12H16N2O4. The molecule has 1 unspecified atom stereocenters. The number of aromatic amines is 1. The van der Waals surface area contributed by atoms with E-state index < -0.39 is 17.3 Å². The van der Waals surface area contributed by atoms with E-state index in [0.29, 0.717) is 12.0 Å². The first-order valence-corrected chi connectivity index (χ1v) is 6.11. The van der Waals surface area contributed by atoms with Crippen LogP contribution in [0, 0.1) is 18.8 Å². The lowest BCUT2D eigenvalue weighted by atomic mass is 10.0. The molecule has 0 radical (unpaired) electrons. The molecule has 98 valence electrons. The minimum atomic E-state index is -0.576. The Morgan fingerprint density at radius 3 is 2.83 bits per heavy atom. The lowest BCUT2D eigenvalue weighted by Gasteiger charge is -2.17. The molecular weight excluding hydrogens is 236 g/mol. The van der Waals surface area contributed by atoms with Crippen molar-refractivity contribution in [1.29, 1.82) is 0 Å². The zero-order valence-corrected chi connectivity index (χ0v) is 10.1. The third-order valence-electron chi connectivity index (χ3n) is 4.49. The molecule has 2 aliphatic rings. The Bertz CT molecular complexity index is 605. The van der Waals surface area contributed by atoms with Crippen molar-refractivity contribution in [1.82, 2.24) is 9.55 Å². The van der Waals surface area contributed by atoms with Gasteiger partial charge in [-0.1, -0.05) is 0 Å². The van der Waals surface area contributed by atoms with Crippen LogP contribution in [-0.2, 0) is 5.54 Å². The van der Waals surface area contributed by atoms with Crippen LogP contribution in [-0.4, -0.2) is 32.5 Å². The van der Waals surface area contributed by atoms with E-state index >= 15 is 0 Å². The molecule has 6 nitrogen and oxygen atoms in total. The normalized spacial score (nSPS) is 37.6. The Labute approximate surface area is 103 Å². The number of rotatable bonds is 2. The maximum atomic E-state index is 11.9. The number of nitrogens with zero attached hydrogens (tertiary/aromatic N) is 1. The van der Waals surface area contributed by atoms with Gasteiger partial charge >= 0.3 is 5.69 Å². The topological polar surface area (TPSA) is 95.3 Å². The summed E-state index contributed by atoms with van der Waals surface area (Å²) in [5.74, 6) is -0.0374. The Morgan fingerprint density at radius 1 is 1.50 bits per heavy atom. The van der Waals surface area contributed by atoms with Gasteiger partial charge in [-0.25, -0.2) is 4.79 Å². The molecule has 0 saturated heterocycles. The van der Waals surface area contributed by atoms with Crippen LogP contribution in [0.5, 0.6) is 0 Å². The van der Waals surface area contributed by atoms with Crippen LogP contribution in [0.1, 0.15) is 18.4 Å². The van der Waals surface area contributed by atoms with Crippen molar-refractivity contribution in [3.05, 3.63) is 32.6 Å². The summed E-state index contributed by atoms with van der Waals surface area (Å²) in [4.78, 5) is 25.5. The molecule has 4 atom stereocenters. The molecule has 0 amide bonds. The summed E-state index contributed by atoms with van der Waals surface area (Å²) in [6.07, 6.45) is 2.23. The van der Waals surface area contributed by atoms with E-state index in [9.17, 15) is 19.8 Å². The van der Waals surface area contributed by atoms with Gasteiger partial charge in [0.25, 0.3) is 5.56 Å². The number of H-pyrrole nitrogens is 1. The van der Waals surface area contributed by atoms with Crippen molar-refractivity contribution in [2.75, 3.05) is 6.61 Å². The van der Waals surface area contributed by atoms with E-state index in [1.54, 1.807) is 13.1 Å². The highest BCUT2D eigenvalue weighted by Crippen LogP contribution is 2.63. The van der Waals surface area contributed by atoms with Gasteiger partial charge in [0.05, 0.1) is 11.6 Å². The first kappa shape index (κ1) is 11.7. The molecule has 1 aromatic heterocycles. The SMILES string of the molecule is Cc1cn([C@]23CC(O)[C@@H](CO)[C@H]2C3)c(=O)[nH]c1=O. The molecule has 0 spiro atoms.